The first-order valence-corrected chi connectivity index (χ1v) is 6.22. The van der Waals surface area contributed by atoms with Crippen LogP contribution in [-0.4, -0.2) is 11.8 Å². The number of carbonyl (C=O) groups is 1. The Morgan fingerprint density at radius 1 is 1.25 bits per heavy atom. The van der Waals surface area contributed by atoms with Crippen LogP contribution in [-0.2, 0) is 17.8 Å². The molecular weight excluding hydrogens is 222 g/mol. The van der Waals surface area contributed by atoms with Gasteiger partial charge in [-0.05, 0) is 36.3 Å². The summed E-state index contributed by atoms with van der Waals surface area (Å²) in [5, 5.41) is 2.75. The standard InChI is InChI=1S/C13H16ClNO/c14-8-13(16)15-9-12-5-3-11(4-6-12)7-10-1-2-10/h3-6,10H,1-2,7-9H2,(H,15,16). The fraction of sp³-hybridized carbons (Fsp3) is 0.462. The molecule has 0 heterocycles. The normalized spacial score (nSPS) is 14.8. The van der Waals surface area contributed by atoms with Crippen molar-refractivity contribution in [1.29, 1.82) is 0 Å². The highest BCUT2D eigenvalue weighted by Crippen LogP contribution is 2.32. The first-order valence-electron chi connectivity index (χ1n) is 5.68. The summed E-state index contributed by atoms with van der Waals surface area (Å²) in [6.45, 7) is 0.565. The minimum atomic E-state index is -0.122. The van der Waals surface area contributed by atoms with E-state index >= 15 is 0 Å². The molecule has 1 aromatic carbocycles. The van der Waals surface area contributed by atoms with Crippen molar-refractivity contribution in [2.24, 2.45) is 5.92 Å². The van der Waals surface area contributed by atoms with Gasteiger partial charge in [-0.1, -0.05) is 24.3 Å². The molecule has 1 amide bonds. The third kappa shape index (κ3) is 3.53. The Hall–Kier alpha value is -1.02. The van der Waals surface area contributed by atoms with Crippen LogP contribution in [0.3, 0.4) is 0 Å². The lowest BCUT2D eigenvalue weighted by Gasteiger charge is -2.05. The van der Waals surface area contributed by atoms with Gasteiger partial charge in [0.1, 0.15) is 5.88 Å². The zero-order valence-electron chi connectivity index (χ0n) is 9.21. The van der Waals surface area contributed by atoms with Crippen LogP contribution in [0.4, 0.5) is 0 Å². The van der Waals surface area contributed by atoms with Gasteiger partial charge in [-0.3, -0.25) is 4.79 Å². The average molecular weight is 238 g/mol. The molecule has 0 radical (unpaired) electrons. The minimum Gasteiger partial charge on any atom is -0.351 e. The fourth-order valence-electron chi connectivity index (χ4n) is 1.70. The van der Waals surface area contributed by atoms with Crippen molar-refractivity contribution in [3.8, 4) is 0 Å². The number of benzene rings is 1. The summed E-state index contributed by atoms with van der Waals surface area (Å²) in [7, 11) is 0. The number of amides is 1. The Morgan fingerprint density at radius 2 is 1.88 bits per heavy atom. The zero-order valence-corrected chi connectivity index (χ0v) is 9.96. The third-order valence-corrected chi connectivity index (χ3v) is 3.10. The van der Waals surface area contributed by atoms with Crippen LogP contribution in [0.5, 0.6) is 0 Å². The smallest absolute Gasteiger partial charge is 0.235 e. The number of nitrogens with one attached hydrogen (secondary N) is 1. The van der Waals surface area contributed by atoms with Gasteiger partial charge in [-0.25, -0.2) is 0 Å². The monoisotopic (exact) mass is 237 g/mol. The topological polar surface area (TPSA) is 29.1 Å². The van der Waals surface area contributed by atoms with E-state index in [0.29, 0.717) is 6.54 Å². The molecule has 0 atom stereocenters. The molecule has 0 aliphatic heterocycles. The van der Waals surface area contributed by atoms with Crippen molar-refractivity contribution in [2.45, 2.75) is 25.8 Å². The Labute approximate surface area is 101 Å². The largest absolute Gasteiger partial charge is 0.351 e. The van der Waals surface area contributed by atoms with Crippen LogP contribution in [0.25, 0.3) is 0 Å². The molecule has 0 unspecified atom stereocenters. The van der Waals surface area contributed by atoms with Crippen molar-refractivity contribution >= 4 is 17.5 Å². The lowest BCUT2D eigenvalue weighted by molar-refractivity contribution is -0.118. The van der Waals surface area contributed by atoms with Crippen LogP contribution in [0, 0.1) is 5.92 Å². The molecule has 3 heteroatoms. The van der Waals surface area contributed by atoms with Gasteiger partial charge < -0.3 is 5.32 Å². The molecule has 0 bridgehead atoms. The van der Waals surface area contributed by atoms with Crippen molar-refractivity contribution in [3.05, 3.63) is 35.4 Å². The average Bonchev–Trinajstić information content (AvgIpc) is 3.11. The van der Waals surface area contributed by atoms with E-state index in [9.17, 15) is 4.79 Å². The Morgan fingerprint density at radius 3 is 2.44 bits per heavy atom. The van der Waals surface area contributed by atoms with Crippen LogP contribution >= 0.6 is 11.6 Å². The van der Waals surface area contributed by atoms with Gasteiger partial charge in [-0.2, -0.15) is 0 Å². The van der Waals surface area contributed by atoms with Crippen molar-refractivity contribution in [1.82, 2.24) is 5.32 Å². The zero-order chi connectivity index (χ0) is 11.4. The highest BCUT2D eigenvalue weighted by Gasteiger charge is 2.21. The van der Waals surface area contributed by atoms with Gasteiger partial charge in [0, 0.05) is 6.54 Å². The first-order chi connectivity index (χ1) is 7.78. The van der Waals surface area contributed by atoms with Gasteiger partial charge in [-0.15, -0.1) is 11.6 Å². The number of carbonyl (C=O) groups excluding carboxylic acids is 1. The quantitative estimate of drug-likeness (QED) is 0.784. The predicted molar refractivity (Wildman–Crippen MR) is 65.4 cm³/mol. The van der Waals surface area contributed by atoms with E-state index in [-0.39, 0.29) is 11.8 Å². The summed E-state index contributed by atoms with van der Waals surface area (Å²) >= 11 is 5.40. The molecule has 0 saturated heterocycles. The highest BCUT2D eigenvalue weighted by molar-refractivity contribution is 6.27. The van der Waals surface area contributed by atoms with Gasteiger partial charge in [0.05, 0.1) is 0 Å². The van der Waals surface area contributed by atoms with Gasteiger partial charge >= 0.3 is 0 Å². The summed E-state index contributed by atoms with van der Waals surface area (Å²) in [4.78, 5) is 11.0. The van der Waals surface area contributed by atoms with E-state index in [2.05, 4.69) is 29.6 Å². The molecule has 1 aromatic rings. The first kappa shape index (κ1) is 11.5. The summed E-state index contributed by atoms with van der Waals surface area (Å²) in [5.74, 6) is 0.824. The molecule has 16 heavy (non-hydrogen) atoms. The Bertz CT molecular complexity index is 357. The molecule has 1 saturated carbocycles. The van der Waals surface area contributed by atoms with Crippen LogP contribution in [0.15, 0.2) is 24.3 Å². The maximum atomic E-state index is 11.0. The van der Waals surface area contributed by atoms with Crippen LogP contribution in [0.1, 0.15) is 24.0 Å². The molecule has 1 aliphatic carbocycles. The molecule has 2 rings (SSSR count). The van der Waals surface area contributed by atoms with Crippen molar-refractivity contribution in [3.63, 3.8) is 0 Å². The van der Waals surface area contributed by atoms with E-state index in [1.165, 1.54) is 24.8 Å². The molecular formula is C13H16ClNO. The van der Waals surface area contributed by atoms with Crippen molar-refractivity contribution in [2.75, 3.05) is 5.88 Å². The summed E-state index contributed by atoms with van der Waals surface area (Å²) < 4.78 is 0. The van der Waals surface area contributed by atoms with Crippen molar-refractivity contribution < 1.29 is 4.79 Å². The molecule has 0 spiro atoms. The summed E-state index contributed by atoms with van der Waals surface area (Å²) in [6.07, 6.45) is 3.97. The molecule has 1 aliphatic rings. The second kappa shape index (κ2) is 5.35. The second-order valence-electron chi connectivity index (χ2n) is 4.37. The Balaban J connectivity index is 1.83. The maximum absolute atomic E-state index is 11.0. The lowest BCUT2D eigenvalue weighted by Crippen LogP contribution is -2.23. The van der Waals surface area contributed by atoms with E-state index in [4.69, 9.17) is 11.6 Å². The molecule has 86 valence electrons. The van der Waals surface area contributed by atoms with E-state index < -0.39 is 0 Å². The number of halogens is 1. The lowest BCUT2D eigenvalue weighted by atomic mass is 10.1. The van der Waals surface area contributed by atoms with Gasteiger partial charge in [0.15, 0.2) is 0 Å². The number of hydrogen-bond donors (Lipinski definition) is 1. The van der Waals surface area contributed by atoms with Gasteiger partial charge in [0.2, 0.25) is 5.91 Å². The molecule has 1 N–H and O–H groups in total. The van der Waals surface area contributed by atoms with Gasteiger partial charge in [0.25, 0.3) is 0 Å². The maximum Gasteiger partial charge on any atom is 0.235 e. The number of hydrogen-bond acceptors (Lipinski definition) is 1. The highest BCUT2D eigenvalue weighted by atomic mass is 35.5. The Kier molecular flexibility index (Phi) is 3.83. The fourth-order valence-corrected chi connectivity index (χ4v) is 1.79. The number of alkyl halides is 1. The number of rotatable bonds is 5. The molecule has 1 fully saturated rings. The molecule has 2 nitrogen and oxygen atoms in total. The van der Waals surface area contributed by atoms with Crippen LogP contribution in [0.2, 0.25) is 0 Å². The third-order valence-electron chi connectivity index (χ3n) is 2.86. The van der Waals surface area contributed by atoms with E-state index in [0.717, 1.165) is 11.5 Å². The predicted octanol–water partition coefficient (Wildman–Crippen LogP) is 2.49. The minimum absolute atomic E-state index is 0.0275. The van der Waals surface area contributed by atoms with Crippen LogP contribution < -0.4 is 5.32 Å². The van der Waals surface area contributed by atoms with E-state index in [1.807, 2.05) is 0 Å². The summed E-state index contributed by atoms with van der Waals surface area (Å²) in [6, 6.07) is 8.46. The SMILES string of the molecule is O=C(CCl)NCc1ccc(CC2CC2)cc1. The second-order valence-corrected chi connectivity index (χ2v) is 4.64. The van der Waals surface area contributed by atoms with E-state index in [1.54, 1.807) is 0 Å². The summed E-state index contributed by atoms with van der Waals surface area (Å²) in [5.41, 5.74) is 2.52. The molecule has 0 aromatic heterocycles.